The zero-order valence-electron chi connectivity index (χ0n) is 14.5. The summed E-state index contributed by atoms with van der Waals surface area (Å²) >= 11 is 0. The van der Waals surface area contributed by atoms with Crippen LogP contribution >= 0.6 is 0 Å². The second-order valence-electron chi connectivity index (χ2n) is 8.25. The van der Waals surface area contributed by atoms with Crippen LogP contribution in [0.15, 0.2) is 42.5 Å². The molecule has 0 aliphatic carbocycles. The van der Waals surface area contributed by atoms with E-state index in [2.05, 4.69) is 81.7 Å². The quantitative estimate of drug-likeness (QED) is 0.428. The summed E-state index contributed by atoms with van der Waals surface area (Å²) in [4.78, 5) is 0. The van der Waals surface area contributed by atoms with Gasteiger partial charge in [0.05, 0.1) is 16.1 Å². The molecule has 0 spiro atoms. The normalized spacial score (nSPS) is 12.6. The average molecular weight is 401 g/mol. The van der Waals surface area contributed by atoms with Gasteiger partial charge in [0.1, 0.15) is 0 Å². The fourth-order valence-corrected chi connectivity index (χ4v) is 5.30. The third kappa shape index (κ3) is 3.27. The van der Waals surface area contributed by atoms with E-state index >= 15 is 0 Å². The van der Waals surface area contributed by atoms with Crippen molar-refractivity contribution in [3.63, 3.8) is 0 Å². The largest absolute Gasteiger partial charge is 2.00 e. The first kappa shape index (κ1) is 18.0. The van der Waals surface area contributed by atoms with Gasteiger partial charge in [-0.3, -0.25) is 0 Å². The van der Waals surface area contributed by atoms with Crippen molar-refractivity contribution in [2.45, 2.75) is 39.3 Å². The van der Waals surface area contributed by atoms with E-state index in [1.807, 2.05) is 0 Å². The number of hydrogen-bond acceptors (Lipinski definition) is 0. The summed E-state index contributed by atoms with van der Waals surface area (Å²) in [5.74, 6) is 0. The summed E-state index contributed by atoms with van der Waals surface area (Å²) < 4.78 is 0. The molecule has 112 valence electrons. The Labute approximate surface area is 155 Å². The van der Waals surface area contributed by atoms with Crippen LogP contribution in [-0.4, -0.2) is 16.1 Å². The molecule has 0 aliphatic rings. The zero-order chi connectivity index (χ0) is 15.4. The molecule has 0 amide bonds. The van der Waals surface area contributed by atoms with Gasteiger partial charge < -0.3 is 0 Å². The predicted molar refractivity (Wildman–Crippen MR) is 103 cm³/mol. The third-order valence-corrected chi connectivity index (χ3v) is 8.52. The van der Waals surface area contributed by atoms with Crippen LogP contribution in [0.5, 0.6) is 0 Å². The Morgan fingerprint density at radius 1 is 0.636 bits per heavy atom. The SMILES string of the molecule is C[Si](C)(C)c1ccc2c(c1)[cH-]c1cc([Si](C)(C)C)ccc12.[Zr+2]. The van der Waals surface area contributed by atoms with E-state index in [0.717, 1.165) is 0 Å². The van der Waals surface area contributed by atoms with Crippen LogP contribution in [0, 0.1) is 0 Å². The van der Waals surface area contributed by atoms with Crippen molar-refractivity contribution in [3.05, 3.63) is 42.5 Å². The van der Waals surface area contributed by atoms with Gasteiger partial charge in [-0.2, -0.15) is 0 Å². The van der Waals surface area contributed by atoms with Crippen LogP contribution < -0.4 is 10.4 Å². The van der Waals surface area contributed by atoms with Crippen molar-refractivity contribution in [2.24, 2.45) is 0 Å². The first-order valence-corrected chi connectivity index (χ1v) is 14.8. The molecule has 0 saturated heterocycles. The van der Waals surface area contributed by atoms with E-state index in [1.54, 1.807) is 10.4 Å². The molecule has 0 bridgehead atoms. The molecule has 0 aliphatic heterocycles. The topological polar surface area (TPSA) is 0 Å². The molecule has 3 aromatic carbocycles. The van der Waals surface area contributed by atoms with E-state index in [0.29, 0.717) is 0 Å². The van der Waals surface area contributed by atoms with Crippen molar-refractivity contribution in [2.75, 3.05) is 0 Å². The Bertz CT molecular complexity index is 749. The third-order valence-electron chi connectivity index (χ3n) is 4.44. The Kier molecular flexibility index (Phi) is 4.84. The number of fused-ring (bicyclic) bond motifs is 3. The van der Waals surface area contributed by atoms with Crippen molar-refractivity contribution >= 4 is 48.1 Å². The van der Waals surface area contributed by atoms with E-state index in [9.17, 15) is 0 Å². The molecule has 0 atom stereocenters. The molecule has 0 unspecified atom stereocenters. The van der Waals surface area contributed by atoms with Gasteiger partial charge in [0.15, 0.2) is 0 Å². The minimum atomic E-state index is -1.23. The minimum Gasteiger partial charge on any atom is -0.126 e. The molecular weight excluding hydrogens is 376 g/mol. The van der Waals surface area contributed by atoms with Gasteiger partial charge in [-0.25, -0.2) is 0 Å². The van der Waals surface area contributed by atoms with Crippen LogP contribution in [0.3, 0.4) is 0 Å². The summed E-state index contributed by atoms with van der Waals surface area (Å²) in [6.45, 7) is 14.5. The Balaban J connectivity index is 0.00000176. The van der Waals surface area contributed by atoms with E-state index in [-0.39, 0.29) is 26.2 Å². The van der Waals surface area contributed by atoms with Crippen LogP contribution in [0.2, 0.25) is 39.3 Å². The van der Waals surface area contributed by atoms with Gasteiger partial charge in [0.25, 0.3) is 0 Å². The fourth-order valence-electron chi connectivity index (χ4n) is 2.96. The molecule has 0 N–H and O–H groups in total. The molecule has 0 aromatic heterocycles. The van der Waals surface area contributed by atoms with Gasteiger partial charge in [-0.1, -0.05) is 73.9 Å². The summed E-state index contributed by atoms with van der Waals surface area (Å²) in [7, 11) is -2.47. The monoisotopic (exact) mass is 399 g/mol. The standard InChI is InChI=1S/C19H25Si2.Zr/c1-20(2,3)16-7-9-18-14(12-16)11-15-13-17(21(4,5)6)8-10-19(15)18;/h7-13H,1-6H3;/q-1;+2. The maximum absolute atomic E-state index is 2.43. The second kappa shape index (κ2) is 5.92. The molecule has 3 aromatic rings. The van der Waals surface area contributed by atoms with Crippen molar-refractivity contribution in [1.82, 2.24) is 0 Å². The average Bonchev–Trinajstić information content (AvgIpc) is 2.73. The van der Waals surface area contributed by atoms with E-state index < -0.39 is 16.1 Å². The molecule has 22 heavy (non-hydrogen) atoms. The number of hydrogen-bond donors (Lipinski definition) is 0. The molecule has 3 heteroatoms. The Hall–Kier alpha value is -0.373. The van der Waals surface area contributed by atoms with E-state index in [4.69, 9.17) is 0 Å². The molecular formula is C19H25Si2Zr+. The van der Waals surface area contributed by atoms with Crippen molar-refractivity contribution in [1.29, 1.82) is 0 Å². The predicted octanol–water partition coefficient (Wildman–Crippen LogP) is 4.80. The van der Waals surface area contributed by atoms with Crippen LogP contribution in [0.1, 0.15) is 0 Å². The van der Waals surface area contributed by atoms with Crippen molar-refractivity contribution < 1.29 is 26.2 Å². The molecule has 0 radical (unpaired) electrons. The van der Waals surface area contributed by atoms with Gasteiger partial charge in [-0.05, 0) is 0 Å². The maximum Gasteiger partial charge on any atom is 2.00 e. The smallest absolute Gasteiger partial charge is 0.126 e. The number of benzene rings is 2. The van der Waals surface area contributed by atoms with E-state index in [1.165, 1.54) is 21.5 Å². The second-order valence-corrected chi connectivity index (χ2v) is 18.4. The van der Waals surface area contributed by atoms with Gasteiger partial charge in [0.2, 0.25) is 0 Å². The Morgan fingerprint density at radius 2 is 1.00 bits per heavy atom. The summed E-state index contributed by atoms with van der Waals surface area (Å²) in [5, 5.41) is 8.75. The zero-order valence-corrected chi connectivity index (χ0v) is 19.0. The number of rotatable bonds is 2. The first-order valence-electron chi connectivity index (χ1n) is 7.80. The summed E-state index contributed by atoms with van der Waals surface area (Å²) in [6, 6.07) is 16.6. The van der Waals surface area contributed by atoms with Crippen LogP contribution in [0.4, 0.5) is 0 Å². The summed E-state index contributed by atoms with van der Waals surface area (Å²) in [5.41, 5.74) is 0. The van der Waals surface area contributed by atoms with Gasteiger partial charge in [-0.15, -0.1) is 39.7 Å². The van der Waals surface area contributed by atoms with Gasteiger partial charge >= 0.3 is 26.2 Å². The molecule has 0 heterocycles. The first-order chi connectivity index (χ1) is 9.66. The fraction of sp³-hybridized carbons (Fsp3) is 0.316. The summed E-state index contributed by atoms with van der Waals surface area (Å²) in [6.07, 6.45) is 0. The minimum absolute atomic E-state index is 0. The van der Waals surface area contributed by atoms with Crippen molar-refractivity contribution in [3.8, 4) is 0 Å². The molecule has 0 fully saturated rings. The van der Waals surface area contributed by atoms with Crippen LogP contribution in [-0.2, 0) is 26.2 Å². The molecule has 3 rings (SSSR count). The molecule has 0 nitrogen and oxygen atoms in total. The molecule has 0 saturated carbocycles. The maximum atomic E-state index is 2.43. The van der Waals surface area contributed by atoms with Crippen LogP contribution in [0.25, 0.3) is 21.5 Å². The van der Waals surface area contributed by atoms with Gasteiger partial charge in [0, 0.05) is 0 Å². The Morgan fingerprint density at radius 3 is 1.32 bits per heavy atom.